The summed E-state index contributed by atoms with van der Waals surface area (Å²) in [5.74, 6) is -0.188. The van der Waals surface area contributed by atoms with Crippen molar-refractivity contribution in [2.24, 2.45) is 7.05 Å². The van der Waals surface area contributed by atoms with Crippen LogP contribution >= 0.6 is 27.5 Å². The molecule has 3 aromatic carbocycles. The Morgan fingerprint density at radius 2 is 1.81 bits per heavy atom. The van der Waals surface area contributed by atoms with Crippen LogP contribution in [0.2, 0.25) is 5.02 Å². The number of amides is 2. The summed E-state index contributed by atoms with van der Waals surface area (Å²) in [6, 6.07) is 15.1. The molecular formula is C29H29BrClF2N5O4. The van der Waals surface area contributed by atoms with Crippen LogP contribution < -0.4 is 20.7 Å². The van der Waals surface area contributed by atoms with E-state index in [9.17, 15) is 18.4 Å². The number of carbonyl (C=O) groups excluding carboxylic acids is 2. The van der Waals surface area contributed by atoms with Gasteiger partial charge in [-0.15, -0.1) is 0 Å². The molecule has 13 heteroatoms. The lowest BCUT2D eigenvalue weighted by molar-refractivity contribution is 0.0523. The van der Waals surface area contributed by atoms with E-state index in [2.05, 4.69) is 36.9 Å². The van der Waals surface area contributed by atoms with Crippen LogP contribution in [0.3, 0.4) is 0 Å². The number of benzene rings is 3. The van der Waals surface area contributed by atoms with Gasteiger partial charge in [-0.3, -0.25) is 4.79 Å². The molecule has 0 aliphatic carbocycles. The molecule has 0 aliphatic heterocycles. The Kier molecular flexibility index (Phi) is 9.57. The number of carbonyl (C=O) groups is 2. The maximum absolute atomic E-state index is 13.2. The number of anilines is 3. The molecule has 1 aromatic heterocycles. The molecule has 0 aliphatic rings. The van der Waals surface area contributed by atoms with Crippen molar-refractivity contribution in [3.63, 3.8) is 0 Å². The topological polar surface area (TPSA) is 107 Å². The predicted molar refractivity (Wildman–Crippen MR) is 162 cm³/mol. The fraction of sp³-hybridized carbons (Fsp3) is 0.276. The Balaban J connectivity index is 1.61. The van der Waals surface area contributed by atoms with Crippen LogP contribution in [-0.4, -0.2) is 40.2 Å². The number of aryl methyl sites for hydroxylation is 1. The van der Waals surface area contributed by atoms with Gasteiger partial charge < -0.3 is 30.0 Å². The summed E-state index contributed by atoms with van der Waals surface area (Å²) >= 11 is 9.78. The Bertz CT molecular complexity index is 1610. The Labute approximate surface area is 254 Å². The normalized spacial score (nSPS) is 11.5. The highest BCUT2D eigenvalue weighted by Crippen LogP contribution is 2.32. The van der Waals surface area contributed by atoms with E-state index in [1.54, 1.807) is 74.9 Å². The van der Waals surface area contributed by atoms with Gasteiger partial charge >= 0.3 is 6.09 Å². The van der Waals surface area contributed by atoms with Crippen LogP contribution in [0.1, 0.15) is 36.7 Å². The molecule has 0 bridgehead atoms. The van der Waals surface area contributed by atoms with Crippen LogP contribution in [-0.2, 0) is 18.3 Å². The van der Waals surface area contributed by atoms with Gasteiger partial charge in [0, 0.05) is 29.8 Å². The zero-order chi connectivity index (χ0) is 30.6. The number of aromatic nitrogens is 2. The van der Waals surface area contributed by atoms with Gasteiger partial charge in [0.15, 0.2) is 0 Å². The molecule has 222 valence electrons. The third kappa shape index (κ3) is 8.10. The van der Waals surface area contributed by atoms with Crippen LogP contribution in [0, 0.1) is 0 Å². The summed E-state index contributed by atoms with van der Waals surface area (Å²) < 4.78 is 39.2. The molecule has 42 heavy (non-hydrogen) atoms. The predicted octanol–water partition coefficient (Wildman–Crippen LogP) is 7.65. The third-order valence-corrected chi connectivity index (χ3v) is 6.66. The number of alkyl halides is 2. The van der Waals surface area contributed by atoms with Gasteiger partial charge in [0.1, 0.15) is 18.0 Å². The van der Waals surface area contributed by atoms with Crippen molar-refractivity contribution in [2.45, 2.75) is 39.3 Å². The third-order valence-electron chi connectivity index (χ3n) is 5.81. The molecule has 0 radical (unpaired) electrons. The second kappa shape index (κ2) is 13.0. The first-order valence-corrected chi connectivity index (χ1v) is 14.0. The van der Waals surface area contributed by atoms with E-state index in [1.165, 1.54) is 12.1 Å². The van der Waals surface area contributed by atoms with E-state index in [4.69, 9.17) is 21.1 Å². The highest BCUT2D eigenvalue weighted by molar-refractivity contribution is 9.10. The van der Waals surface area contributed by atoms with Gasteiger partial charge in [-0.1, -0.05) is 33.6 Å². The van der Waals surface area contributed by atoms with E-state index >= 15 is 0 Å². The van der Waals surface area contributed by atoms with Gasteiger partial charge in [0.05, 0.1) is 27.3 Å². The Morgan fingerprint density at radius 1 is 1.10 bits per heavy atom. The molecule has 9 nitrogen and oxygen atoms in total. The molecule has 0 fully saturated rings. The Hall–Kier alpha value is -3.90. The Morgan fingerprint density at radius 3 is 2.48 bits per heavy atom. The first-order valence-electron chi connectivity index (χ1n) is 12.8. The molecule has 4 aromatic rings. The quantitative estimate of drug-likeness (QED) is 0.170. The average Bonchev–Trinajstić information content (AvgIpc) is 3.21. The van der Waals surface area contributed by atoms with Crippen molar-refractivity contribution in [1.82, 2.24) is 14.9 Å². The zero-order valence-corrected chi connectivity index (χ0v) is 25.6. The van der Waals surface area contributed by atoms with Gasteiger partial charge in [-0.05, 0) is 68.8 Å². The largest absolute Gasteiger partial charge is 0.487 e. The van der Waals surface area contributed by atoms with E-state index in [1.807, 2.05) is 0 Å². The van der Waals surface area contributed by atoms with Crippen LogP contribution in [0.4, 0.5) is 30.9 Å². The number of imidazole rings is 1. The average molecular weight is 665 g/mol. The molecule has 1 heterocycles. The summed E-state index contributed by atoms with van der Waals surface area (Å²) in [6.07, 6.45) is -3.28. The summed E-state index contributed by atoms with van der Waals surface area (Å²) in [4.78, 5) is 29.8. The summed E-state index contributed by atoms with van der Waals surface area (Å²) in [6.45, 7) is 4.65. The standard InChI is InChI=1S/C29H29BrClF2N5O4/c1-29(2,3)42-28(40)34-14-16-5-10-20(31)21(11-16)36-27-37-22-12-19(26(39)35-18-8-6-17(30)7-9-18)24(41-15-25(32)33)13-23(22)38(27)4/h5-13,25H,14-15H2,1-4H3,(H,34,40)(H,35,39)(H,36,37). The molecular weight excluding hydrogens is 636 g/mol. The number of rotatable bonds is 9. The molecule has 4 rings (SSSR count). The minimum absolute atomic E-state index is 0.0137. The smallest absolute Gasteiger partial charge is 0.407 e. The number of alkyl carbamates (subject to hydrolysis) is 1. The van der Waals surface area contributed by atoms with E-state index in [-0.39, 0.29) is 17.9 Å². The second-order valence-electron chi connectivity index (χ2n) is 10.3. The number of halogens is 4. The van der Waals surface area contributed by atoms with Crippen molar-refractivity contribution in [2.75, 3.05) is 17.2 Å². The minimum atomic E-state index is -2.73. The lowest BCUT2D eigenvalue weighted by atomic mass is 10.1. The van der Waals surface area contributed by atoms with Crippen molar-refractivity contribution >= 4 is 67.9 Å². The van der Waals surface area contributed by atoms with Crippen molar-refractivity contribution < 1.29 is 27.8 Å². The SMILES string of the molecule is Cn1c(Nc2cc(CNC(=O)OC(C)(C)C)ccc2Cl)nc2cc(C(=O)Nc3ccc(Br)cc3)c(OCC(F)F)cc21. The molecule has 0 atom stereocenters. The highest BCUT2D eigenvalue weighted by atomic mass is 79.9. The second-order valence-corrected chi connectivity index (χ2v) is 11.6. The molecule has 0 unspecified atom stereocenters. The number of hydrogen-bond donors (Lipinski definition) is 3. The van der Waals surface area contributed by atoms with Gasteiger partial charge in [0.25, 0.3) is 12.3 Å². The zero-order valence-electron chi connectivity index (χ0n) is 23.2. The van der Waals surface area contributed by atoms with E-state index in [0.717, 1.165) is 10.0 Å². The van der Waals surface area contributed by atoms with Crippen molar-refractivity contribution in [3.8, 4) is 5.75 Å². The fourth-order valence-electron chi connectivity index (χ4n) is 3.90. The monoisotopic (exact) mass is 663 g/mol. The van der Waals surface area contributed by atoms with Gasteiger partial charge in [0.2, 0.25) is 5.95 Å². The maximum atomic E-state index is 13.2. The number of ether oxygens (including phenoxy) is 2. The molecule has 0 spiro atoms. The first-order chi connectivity index (χ1) is 19.8. The molecule has 3 N–H and O–H groups in total. The van der Waals surface area contributed by atoms with Crippen LogP contribution in [0.5, 0.6) is 5.75 Å². The van der Waals surface area contributed by atoms with Gasteiger partial charge in [-0.25, -0.2) is 18.6 Å². The molecule has 0 saturated carbocycles. The maximum Gasteiger partial charge on any atom is 0.407 e. The highest BCUT2D eigenvalue weighted by Gasteiger charge is 2.20. The van der Waals surface area contributed by atoms with Crippen molar-refractivity contribution in [1.29, 1.82) is 0 Å². The van der Waals surface area contributed by atoms with Gasteiger partial charge in [-0.2, -0.15) is 0 Å². The molecule has 2 amide bonds. The lowest BCUT2D eigenvalue weighted by Crippen LogP contribution is -2.32. The lowest BCUT2D eigenvalue weighted by Gasteiger charge is -2.19. The minimum Gasteiger partial charge on any atom is -0.487 e. The summed E-state index contributed by atoms with van der Waals surface area (Å²) in [5, 5.41) is 9.02. The first kappa shape index (κ1) is 31.0. The number of nitrogens with one attached hydrogen (secondary N) is 3. The van der Waals surface area contributed by atoms with E-state index < -0.39 is 30.6 Å². The summed E-state index contributed by atoms with van der Waals surface area (Å²) in [5.41, 5.74) is 2.15. The van der Waals surface area contributed by atoms with Crippen molar-refractivity contribution in [3.05, 3.63) is 75.2 Å². The van der Waals surface area contributed by atoms with E-state index in [0.29, 0.717) is 33.4 Å². The number of fused-ring (bicyclic) bond motifs is 1. The fourth-order valence-corrected chi connectivity index (χ4v) is 4.33. The summed E-state index contributed by atoms with van der Waals surface area (Å²) in [7, 11) is 1.72. The number of hydrogen-bond acceptors (Lipinski definition) is 6. The van der Waals surface area contributed by atoms with Crippen LogP contribution in [0.25, 0.3) is 11.0 Å². The molecule has 0 saturated heterocycles. The van der Waals surface area contributed by atoms with Crippen LogP contribution in [0.15, 0.2) is 59.1 Å². The number of nitrogens with zero attached hydrogens (tertiary/aromatic N) is 2.